The van der Waals surface area contributed by atoms with E-state index in [9.17, 15) is 41.5 Å². The first-order valence-electron chi connectivity index (χ1n) is 11.0. The van der Waals surface area contributed by atoms with Gasteiger partial charge in [-0.05, 0) is 36.8 Å². The summed E-state index contributed by atoms with van der Waals surface area (Å²) in [5.74, 6) is -4.42. The van der Waals surface area contributed by atoms with Gasteiger partial charge in [-0.15, -0.1) is 0 Å². The summed E-state index contributed by atoms with van der Waals surface area (Å²) < 4.78 is 60.9. The van der Waals surface area contributed by atoms with Crippen LogP contribution < -0.4 is 20.4 Å². The maximum Gasteiger partial charge on any atom is 0.471 e. The molecule has 0 bridgehead atoms. The fourth-order valence-corrected chi connectivity index (χ4v) is 5.66. The Morgan fingerprint density at radius 2 is 1.65 bits per heavy atom. The van der Waals surface area contributed by atoms with E-state index in [1.54, 1.807) is 24.3 Å². The number of amides is 5. The molecule has 2 aromatic carbocycles. The Morgan fingerprint density at radius 3 is 2.24 bits per heavy atom. The van der Waals surface area contributed by atoms with Crippen LogP contribution in [-0.2, 0) is 20.9 Å². The van der Waals surface area contributed by atoms with E-state index in [0.29, 0.717) is 29.2 Å². The van der Waals surface area contributed by atoms with E-state index < -0.39 is 52.5 Å². The Hall–Kier alpha value is -3.62. The molecule has 37 heavy (non-hydrogen) atoms. The molecule has 0 aromatic heterocycles. The van der Waals surface area contributed by atoms with Crippen molar-refractivity contribution in [3.05, 3.63) is 54.1 Å². The number of hydrogen-bond acceptors (Lipinski definition) is 7. The van der Waals surface area contributed by atoms with Gasteiger partial charge in [-0.25, -0.2) is 4.79 Å². The molecule has 2 aromatic rings. The SMILES string of the molecule is CC1(CN(C(=O)C(F)(F)F)c2ccc(CN3CCS(O)(O)c4ccccc43)cc2)C(=O)NC(=O)NC1=O. The second kappa shape index (κ2) is 9.36. The summed E-state index contributed by atoms with van der Waals surface area (Å²) in [7, 11) is -2.92. The van der Waals surface area contributed by atoms with Crippen LogP contribution >= 0.6 is 10.6 Å². The summed E-state index contributed by atoms with van der Waals surface area (Å²) in [5, 5.41) is 3.67. The van der Waals surface area contributed by atoms with E-state index in [1.807, 2.05) is 15.5 Å². The van der Waals surface area contributed by atoms with E-state index in [-0.39, 0.29) is 16.3 Å². The van der Waals surface area contributed by atoms with Gasteiger partial charge in [-0.1, -0.05) is 24.3 Å². The van der Waals surface area contributed by atoms with Crippen molar-refractivity contribution in [2.24, 2.45) is 5.41 Å². The molecule has 0 unspecified atom stereocenters. The molecule has 0 spiro atoms. The number of nitrogens with zero attached hydrogens (tertiary/aromatic N) is 2. The third kappa shape index (κ3) is 5.12. The second-order valence-corrected chi connectivity index (χ2v) is 11.1. The first kappa shape index (κ1) is 26.4. The number of rotatable bonds is 5. The molecule has 10 nitrogen and oxygen atoms in total. The maximum absolute atomic E-state index is 13.4. The first-order valence-corrected chi connectivity index (χ1v) is 12.7. The van der Waals surface area contributed by atoms with Crippen molar-refractivity contribution in [3.63, 3.8) is 0 Å². The summed E-state index contributed by atoms with van der Waals surface area (Å²) >= 11 is 0. The zero-order valence-electron chi connectivity index (χ0n) is 19.4. The molecule has 2 aliphatic rings. The van der Waals surface area contributed by atoms with Crippen molar-refractivity contribution < 1.29 is 41.5 Å². The highest BCUT2D eigenvalue weighted by molar-refractivity contribution is 8.24. The highest BCUT2D eigenvalue weighted by Gasteiger charge is 2.51. The van der Waals surface area contributed by atoms with Crippen LogP contribution in [0, 0.1) is 5.41 Å². The fraction of sp³-hybridized carbons (Fsp3) is 0.304. The van der Waals surface area contributed by atoms with Crippen molar-refractivity contribution in [1.29, 1.82) is 0 Å². The molecule has 2 aliphatic heterocycles. The zero-order valence-corrected chi connectivity index (χ0v) is 20.2. The predicted molar refractivity (Wildman–Crippen MR) is 128 cm³/mol. The third-order valence-electron chi connectivity index (χ3n) is 6.24. The summed E-state index contributed by atoms with van der Waals surface area (Å²) in [4.78, 5) is 50.9. The number of benzene rings is 2. The van der Waals surface area contributed by atoms with Gasteiger partial charge >= 0.3 is 18.1 Å². The zero-order chi connectivity index (χ0) is 27.2. The van der Waals surface area contributed by atoms with Gasteiger partial charge in [0.25, 0.3) is 0 Å². The molecule has 5 amide bonds. The second-order valence-electron chi connectivity index (χ2n) is 8.89. The van der Waals surface area contributed by atoms with E-state index in [0.717, 1.165) is 6.92 Å². The molecule has 0 radical (unpaired) electrons. The molecule has 2 heterocycles. The molecule has 4 rings (SSSR count). The molecule has 14 heteroatoms. The molecule has 198 valence electrons. The monoisotopic (exact) mass is 540 g/mol. The Balaban J connectivity index is 1.60. The Bertz CT molecular complexity index is 1250. The Morgan fingerprint density at radius 1 is 1.05 bits per heavy atom. The Labute approximate surface area is 210 Å². The summed E-state index contributed by atoms with van der Waals surface area (Å²) in [6.45, 7) is 0.700. The number of carbonyl (C=O) groups excluding carboxylic acids is 4. The third-order valence-corrected chi connectivity index (χ3v) is 8.05. The summed E-state index contributed by atoms with van der Waals surface area (Å²) in [5.41, 5.74) is -1.09. The minimum Gasteiger partial charge on any atom is -0.364 e. The molecule has 0 saturated carbocycles. The average molecular weight is 541 g/mol. The van der Waals surface area contributed by atoms with Gasteiger partial charge in [-0.2, -0.15) is 23.8 Å². The minimum absolute atomic E-state index is 0.126. The minimum atomic E-state index is -5.30. The number of alkyl halides is 3. The largest absolute Gasteiger partial charge is 0.471 e. The van der Waals surface area contributed by atoms with Crippen LogP contribution in [0.3, 0.4) is 0 Å². The molecule has 1 saturated heterocycles. The van der Waals surface area contributed by atoms with Gasteiger partial charge in [0.1, 0.15) is 5.41 Å². The molecule has 1 fully saturated rings. The number of nitrogens with one attached hydrogen (secondary N) is 2. The lowest BCUT2D eigenvalue weighted by atomic mass is 9.86. The Kier molecular flexibility index (Phi) is 6.69. The maximum atomic E-state index is 13.4. The number of urea groups is 1. The number of para-hydroxylation sites is 1. The molecular weight excluding hydrogens is 517 g/mol. The van der Waals surface area contributed by atoms with Crippen LogP contribution in [0.15, 0.2) is 53.4 Å². The van der Waals surface area contributed by atoms with Crippen LogP contribution in [0.25, 0.3) is 0 Å². The number of barbiturate groups is 1. The van der Waals surface area contributed by atoms with E-state index >= 15 is 0 Å². The van der Waals surface area contributed by atoms with Gasteiger partial charge in [-0.3, -0.25) is 34.1 Å². The van der Waals surface area contributed by atoms with Gasteiger partial charge in [0.2, 0.25) is 11.8 Å². The van der Waals surface area contributed by atoms with E-state index in [4.69, 9.17) is 0 Å². The van der Waals surface area contributed by atoms with Crippen molar-refractivity contribution in [2.45, 2.75) is 24.5 Å². The fourth-order valence-electron chi connectivity index (χ4n) is 4.14. The van der Waals surface area contributed by atoms with Gasteiger partial charge in [0, 0.05) is 25.3 Å². The number of anilines is 2. The van der Waals surface area contributed by atoms with Crippen LogP contribution in [0.4, 0.5) is 29.3 Å². The van der Waals surface area contributed by atoms with Crippen LogP contribution in [-0.4, -0.2) is 57.9 Å². The lowest BCUT2D eigenvalue weighted by Crippen LogP contribution is -2.65. The van der Waals surface area contributed by atoms with Gasteiger partial charge in [0.05, 0.1) is 16.3 Å². The van der Waals surface area contributed by atoms with Crippen molar-refractivity contribution in [2.75, 3.05) is 28.6 Å². The predicted octanol–water partition coefficient (Wildman–Crippen LogP) is 3.08. The normalized spacial score (nSPS) is 19.4. The quantitative estimate of drug-likeness (QED) is 0.428. The van der Waals surface area contributed by atoms with Crippen LogP contribution in [0.1, 0.15) is 12.5 Å². The highest BCUT2D eigenvalue weighted by atomic mass is 32.3. The van der Waals surface area contributed by atoms with E-state index in [2.05, 4.69) is 0 Å². The standard InChI is InChI=1S/C23H23F3N4O6S/c1-22(18(31)27-21(34)28-19(22)32)13-30(20(33)23(24,25)26)15-8-6-14(7-9-15)12-29-10-11-37(35,36)17-5-3-2-4-16(17)29/h2-9,35-36H,10-13H2,1H3,(H2,27,28,31,32,34). The van der Waals surface area contributed by atoms with Gasteiger partial charge in [0.15, 0.2) is 0 Å². The number of fused-ring (bicyclic) bond motifs is 1. The van der Waals surface area contributed by atoms with Gasteiger partial charge < -0.3 is 9.80 Å². The topological polar surface area (TPSA) is 139 Å². The van der Waals surface area contributed by atoms with Crippen molar-refractivity contribution in [3.8, 4) is 0 Å². The van der Waals surface area contributed by atoms with Crippen LogP contribution in [0.5, 0.6) is 0 Å². The lowest BCUT2D eigenvalue weighted by Gasteiger charge is -2.43. The molecule has 0 aliphatic carbocycles. The van der Waals surface area contributed by atoms with Crippen LogP contribution in [0.2, 0.25) is 0 Å². The molecular formula is C23H23F3N4O6S. The summed E-state index contributed by atoms with van der Waals surface area (Å²) in [6.07, 6.45) is -5.30. The van der Waals surface area contributed by atoms with E-state index in [1.165, 1.54) is 24.3 Å². The summed E-state index contributed by atoms with van der Waals surface area (Å²) in [6, 6.07) is 11.2. The number of carbonyl (C=O) groups is 4. The molecule has 4 N–H and O–H groups in total. The van der Waals surface area contributed by atoms with Crippen molar-refractivity contribution in [1.82, 2.24) is 10.6 Å². The number of hydrogen-bond donors (Lipinski definition) is 4. The highest BCUT2D eigenvalue weighted by Crippen LogP contribution is 2.55. The first-order chi connectivity index (χ1) is 17.2. The lowest BCUT2D eigenvalue weighted by molar-refractivity contribution is -0.171. The van der Waals surface area contributed by atoms with Crippen molar-refractivity contribution >= 4 is 45.7 Å². The number of imide groups is 2. The average Bonchev–Trinajstić information content (AvgIpc) is 2.83. The smallest absolute Gasteiger partial charge is 0.364 e. The number of halogens is 3. The molecule has 0 atom stereocenters.